The lowest BCUT2D eigenvalue weighted by atomic mass is 10.2. The van der Waals surface area contributed by atoms with Crippen LogP contribution in [0.15, 0.2) is 18.2 Å². The maximum absolute atomic E-state index is 12.2. The molecule has 1 aromatic rings. The maximum Gasteiger partial charge on any atom is 0.410 e. The summed E-state index contributed by atoms with van der Waals surface area (Å²) >= 11 is 11.8. The zero-order valence-corrected chi connectivity index (χ0v) is 16.0. The van der Waals surface area contributed by atoms with Gasteiger partial charge in [-0.25, -0.2) is 4.79 Å². The van der Waals surface area contributed by atoms with Crippen LogP contribution in [-0.2, 0) is 9.47 Å². The highest BCUT2D eigenvalue weighted by Gasteiger charge is 2.28. The number of amides is 2. The first-order valence-electron chi connectivity index (χ1n) is 7.98. The molecular weight excluding hydrogens is 367 g/mol. The van der Waals surface area contributed by atoms with Crippen LogP contribution < -0.4 is 5.32 Å². The number of hydrogen-bond donors (Lipinski definition) is 1. The fourth-order valence-electron chi connectivity index (χ4n) is 2.33. The Morgan fingerprint density at radius 3 is 2.52 bits per heavy atom. The Hall–Kier alpha value is -1.50. The number of ether oxygens (including phenoxy) is 2. The molecule has 8 heteroatoms. The van der Waals surface area contributed by atoms with Crippen molar-refractivity contribution in [2.75, 3.05) is 26.2 Å². The van der Waals surface area contributed by atoms with E-state index in [1.807, 2.05) is 20.8 Å². The zero-order chi connectivity index (χ0) is 18.6. The SMILES string of the molecule is CC(C)(C)OC(=O)N1CCOC(CNC(=O)c2cc(Cl)cc(Cl)c2)C1. The predicted octanol–water partition coefficient (Wildman–Crippen LogP) is 3.36. The molecule has 1 saturated heterocycles. The molecular formula is C17H22Cl2N2O4. The second kappa shape index (κ2) is 8.25. The number of benzene rings is 1. The number of nitrogens with zero attached hydrogens (tertiary/aromatic N) is 1. The molecule has 0 bridgehead atoms. The summed E-state index contributed by atoms with van der Waals surface area (Å²) in [4.78, 5) is 25.9. The van der Waals surface area contributed by atoms with Crippen molar-refractivity contribution in [1.29, 1.82) is 0 Å². The van der Waals surface area contributed by atoms with Crippen molar-refractivity contribution in [3.8, 4) is 0 Å². The van der Waals surface area contributed by atoms with Crippen LogP contribution in [0.1, 0.15) is 31.1 Å². The van der Waals surface area contributed by atoms with Gasteiger partial charge in [0.1, 0.15) is 5.60 Å². The van der Waals surface area contributed by atoms with Gasteiger partial charge in [0.2, 0.25) is 0 Å². The lowest BCUT2D eigenvalue weighted by molar-refractivity contribution is -0.0404. The Balaban J connectivity index is 1.88. The first-order valence-corrected chi connectivity index (χ1v) is 8.73. The van der Waals surface area contributed by atoms with Gasteiger partial charge in [0, 0.05) is 28.7 Å². The van der Waals surface area contributed by atoms with Crippen LogP contribution in [0, 0.1) is 0 Å². The molecule has 1 fully saturated rings. The van der Waals surface area contributed by atoms with Gasteiger partial charge in [-0.2, -0.15) is 0 Å². The topological polar surface area (TPSA) is 67.9 Å². The number of morpholine rings is 1. The number of carbonyl (C=O) groups is 2. The summed E-state index contributed by atoms with van der Waals surface area (Å²) < 4.78 is 11.0. The minimum atomic E-state index is -0.551. The predicted molar refractivity (Wildman–Crippen MR) is 96.3 cm³/mol. The summed E-state index contributed by atoms with van der Waals surface area (Å²) in [5.41, 5.74) is -0.178. The number of rotatable bonds is 3. The van der Waals surface area contributed by atoms with Crippen molar-refractivity contribution in [2.45, 2.75) is 32.5 Å². The van der Waals surface area contributed by atoms with E-state index in [4.69, 9.17) is 32.7 Å². The molecule has 1 N–H and O–H groups in total. The smallest absolute Gasteiger partial charge is 0.410 e. The van der Waals surface area contributed by atoms with Gasteiger partial charge in [-0.3, -0.25) is 4.79 Å². The van der Waals surface area contributed by atoms with Gasteiger partial charge in [0.05, 0.1) is 19.3 Å². The number of carbonyl (C=O) groups excluding carboxylic acids is 2. The van der Waals surface area contributed by atoms with Gasteiger partial charge >= 0.3 is 6.09 Å². The molecule has 138 valence electrons. The second-order valence-corrected chi connectivity index (χ2v) is 7.66. The van der Waals surface area contributed by atoms with Gasteiger partial charge in [-0.15, -0.1) is 0 Å². The van der Waals surface area contributed by atoms with E-state index in [1.54, 1.807) is 11.0 Å². The van der Waals surface area contributed by atoms with Crippen LogP contribution in [0.2, 0.25) is 10.0 Å². The largest absolute Gasteiger partial charge is 0.444 e. The fraction of sp³-hybridized carbons (Fsp3) is 0.529. The van der Waals surface area contributed by atoms with E-state index in [9.17, 15) is 9.59 Å². The minimum absolute atomic E-state index is 0.266. The molecule has 1 atom stereocenters. The molecule has 1 heterocycles. The molecule has 1 aliphatic rings. The van der Waals surface area contributed by atoms with Crippen LogP contribution in [0.5, 0.6) is 0 Å². The molecule has 2 rings (SSSR count). The van der Waals surface area contributed by atoms with Crippen molar-refractivity contribution in [3.63, 3.8) is 0 Å². The standard InChI is InChI=1S/C17H22Cl2N2O4/c1-17(2,3)25-16(23)21-4-5-24-14(10-21)9-20-15(22)11-6-12(18)8-13(19)7-11/h6-8,14H,4-5,9-10H2,1-3H3,(H,20,22). The van der Waals surface area contributed by atoms with Crippen molar-refractivity contribution >= 4 is 35.2 Å². The Morgan fingerprint density at radius 1 is 1.28 bits per heavy atom. The van der Waals surface area contributed by atoms with E-state index in [0.29, 0.717) is 35.3 Å². The van der Waals surface area contributed by atoms with Crippen LogP contribution in [0.3, 0.4) is 0 Å². The monoisotopic (exact) mass is 388 g/mol. The van der Waals surface area contributed by atoms with Gasteiger partial charge < -0.3 is 19.7 Å². The molecule has 2 amide bonds. The average molecular weight is 389 g/mol. The second-order valence-electron chi connectivity index (χ2n) is 6.79. The van der Waals surface area contributed by atoms with Crippen LogP contribution >= 0.6 is 23.2 Å². The van der Waals surface area contributed by atoms with E-state index in [-0.39, 0.29) is 24.6 Å². The molecule has 0 aromatic heterocycles. The number of halogens is 2. The summed E-state index contributed by atoms with van der Waals surface area (Å²) in [6.07, 6.45) is -0.686. The molecule has 1 aromatic carbocycles. The summed E-state index contributed by atoms with van der Waals surface area (Å²) in [6, 6.07) is 4.64. The van der Waals surface area contributed by atoms with Crippen molar-refractivity contribution in [3.05, 3.63) is 33.8 Å². The lowest BCUT2D eigenvalue weighted by Crippen LogP contribution is -2.50. The summed E-state index contributed by atoms with van der Waals surface area (Å²) in [5.74, 6) is -0.303. The highest BCUT2D eigenvalue weighted by Crippen LogP contribution is 2.19. The quantitative estimate of drug-likeness (QED) is 0.861. The molecule has 6 nitrogen and oxygen atoms in total. The van der Waals surface area contributed by atoms with Crippen molar-refractivity contribution < 1.29 is 19.1 Å². The first kappa shape index (κ1) is 19.8. The molecule has 25 heavy (non-hydrogen) atoms. The summed E-state index contributed by atoms with van der Waals surface area (Å²) in [7, 11) is 0. The number of hydrogen-bond acceptors (Lipinski definition) is 4. The third-order valence-electron chi connectivity index (χ3n) is 3.41. The van der Waals surface area contributed by atoms with E-state index >= 15 is 0 Å². The average Bonchev–Trinajstić information content (AvgIpc) is 2.50. The third kappa shape index (κ3) is 6.38. The summed E-state index contributed by atoms with van der Waals surface area (Å²) in [6.45, 7) is 6.93. The van der Waals surface area contributed by atoms with E-state index in [1.165, 1.54) is 12.1 Å². The molecule has 1 unspecified atom stereocenters. The first-order chi connectivity index (χ1) is 11.6. The van der Waals surface area contributed by atoms with Crippen LogP contribution in [0.25, 0.3) is 0 Å². The Labute approximate surface area is 157 Å². The third-order valence-corrected chi connectivity index (χ3v) is 3.84. The normalized spacial score (nSPS) is 18.0. The fourth-order valence-corrected chi connectivity index (χ4v) is 2.85. The van der Waals surface area contributed by atoms with Gasteiger partial charge in [0.15, 0.2) is 0 Å². The van der Waals surface area contributed by atoms with Gasteiger partial charge in [0.25, 0.3) is 5.91 Å². The van der Waals surface area contributed by atoms with Crippen LogP contribution in [0.4, 0.5) is 4.79 Å². The van der Waals surface area contributed by atoms with Gasteiger partial charge in [-0.1, -0.05) is 23.2 Å². The molecule has 0 aliphatic carbocycles. The van der Waals surface area contributed by atoms with Crippen molar-refractivity contribution in [1.82, 2.24) is 10.2 Å². The Kier molecular flexibility index (Phi) is 6.54. The molecule has 0 saturated carbocycles. The Bertz CT molecular complexity index is 626. The zero-order valence-electron chi connectivity index (χ0n) is 14.5. The molecule has 0 spiro atoms. The van der Waals surface area contributed by atoms with E-state index in [0.717, 1.165) is 0 Å². The molecule has 1 aliphatic heterocycles. The Morgan fingerprint density at radius 2 is 1.92 bits per heavy atom. The highest BCUT2D eigenvalue weighted by molar-refractivity contribution is 6.35. The maximum atomic E-state index is 12.2. The number of nitrogens with one attached hydrogen (secondary N) is 1. The van der Waals surface area contributed by atoms with Gasteiger partial charge in [-0.05, 0) is 39.0 Å². The van der Waals surface area contributed by atoms with Crippen molar-refractivity contribution in [2.24, 2.45) is 0 Å². The minimum Gasteiger partial charge on any atom is -0.444 e. The molecule has 0 radical (unpaired) electrons. The lowest BCUT2D eigenvalue weighted by Gasteiger charge is -2.34. The highest BCUT2D eigenvalue weighted by atomic mass is 35.5. The van der Waals surface area contributed by atoms with E-state index in [2.05, 4.69) is 5.32 Å². The summed E-state index contributed by atoms with van der Waals surface area (Å²) in [5, 5.41) is 3.55. The van der Waals surface area contributed by atoms with Crippen LogP contribution in [-0.4, -0.2) is 54.8 Å². The van der Waals surface area contributed by atoms with E-state index < -0.39 is 5.60 Å².